The van der Waals surface area contributed by atoms with Crippen LogP contribution in [0.3, 0.4) is 0 Å². The Morgan fingerprint density at radius 2 is 1.88 bits per heavy atom. The van der Waals surface area contributed by atoms with Crippen molar-refractivity contribution in [2.45, 2.75) is 35.3 Å². The van der Waals surface area contributed by atoms with E-state index in [2.05, 4.69) is 13.8 Å². The summed E-state index contributed by atoms with van der Waals surface area (Å²) in [4.78, 5) is 1.35. The van der Waals surface area contributed by atoms with E-state index in [9.17, 15) is 8.42 Å². The molecule has 0 aliphatic heterocycles. The number of nitrogens with zero attached hydrogens (tertiary/aromatic N) is 1. The first-order chi connectivity index (χ1) is 7.95. The van der Waals surface area contributed by atoms with Gasteiger partial charge >= 0.3 is 0 Å². The number of nitriles is 1. The predicted molar refractivity (Wildman–Crippen MR) is 69.7 cm³/mol. The maximum absolute atomic E-state index is 11.8. The molecule has 0 bridgehead atoms. The molecule has 17 heavy (non-hydrogen) atoms. The van der Waals surface area contributed by atoms with Crippen LogP contribution in [0.25, 0.3) is 0 Å². The Kier molecular flexibility index (Phi) is 5.03. The highest BCUT2D eigenvalue weighted by Gasteiger charge is 2.13. The van der Waals surface area contributed by atoms with Gasteiger partial charge in [0.1, 0.15) is 0 Å². The zero-order valence-corrected chi connectivity index (χ0v) is 11.5. The van der Waals surface area contributed by atoms with Crippen LogP contribution in [0.5, 0.6) is 0 Å². The van der Waals surface area contributed by atoms with Crippen LogP contribution in [0.4, 0.5) is 0 Å². The van der Waals surface area contributed by atoms with Gasteiger partial charge in [0.25, 0.3) is 0 Å². The van der Waals surface area contributed by atoms with Crippen molar-refractivity contribution in [1.82, 2.24) is 0 Å². The highest BCUT2D eigenvalue weighted by molar-refractivity contribution is 7.99. The van der Waals surface area contributed by atoms with Gasteiger partial charge < -0.3 is 0 Å². The average molecular weight is 269 g/mol. The summed E-state index contributed by atoms with van der Waals surface area (Å²) in [6.45, 7) is 4.17. The van der Waals surface area contributed by atoms with Crippen LogP contribution in [0, 0.1) is 11.3 Å². The first-order valence-corrected chi connectivity index (χ1v) is 7.85. The third-order valence-electron chi connectivity index (χ3n) is 2.04. The largest absolute Gasteiger partial charge is 0.224 e. The van der Waals surface area contributed by atoms with Crippen LogP contribution in [0.1, 0.15) is 20.3 Å². The van der Waals surface area contributed by atoms with E-state index < -0.39 is 9.84 Å². The molecule has 0 spiro atoms. The van der Waals surface area contributed by atoms with E-state index in [-0.39, 0.29) is 12.2 Å². The van der Waals surface area contributed by atoms with Crippen molar-refractivity contribution in [2.24, 2.45) is 0 Å². The van der Waals surface area contributed by atoms with Gasteiger partial charge in [0.2, 0.25) is 0 Å². The summed E-state index contributed by atoms with van der Waals surface area (Å²) in [6.07, 6.45) is 0.0326. The Balaban J connectivity index is 2.84. The van der Waals surface area contributed by atoms with Crippen LogP contribution in [0.15, 0.2) is 34.1 Å². The molecular weight excluding hydrogens is 254 g/mol. The molecule has 3 nitrogen and oxygen atoms in total. The SMILES string of the molecule is CC(C)Sc1ccc(S(=O)(=O)CCC#N)cc1. The Hall–Kier alpha value is -0.990. The van der Waals surface area contributed by atoms with E-state index in [4.69, 9.17) is 5.26 Å². The van der Waals surface area contributed by atoms with E-state index in [0.29, 0.717) is 10.1 Å². The van der Waals surface area contributed by atoms with E-state index in [0.717, 1.165) is 4.90 Å². The summed E-state index contributed by atoms with van der Waals surface area (Å²) in [5.41, 5.74) is 0. The molecule has 0 fully saturated rings. The van der Waals surface area contributed by atoms with Gasteiger partial charge in [-0.3, -0.25) is 0 Å². The lowest BCUT2D eigenvalue weighted by molar-refractivity contribution is 0.596. The molecule has 92 valence electrons. The molecular formula is C12H15NO2S2. The lowest BCUT2D eigenvalue weighted by atomic mass is 10.4. The van der Waals surface area contributed by atoms with Crippen molar-refractivity contribution in [3.8, 4) is 6.07 Å². The normalized spacial score (nSPS) is 11.4. The monoisotopic (exact) mass is 269 g/mol. The Bertz CT molecular complexity index is 498. The fourth-order valence-electron chi connectivity index (χ4n) is 1.30. The Morgan fingerprint density at radius 1 is 1.29 bits per heavy atom. The first kappa shape index (κ1) is 14.1. The minimum Gasteiger partial charge on any atom is -0.224 e. The molecule has 0 amide bonds. The fraction of sp³-hybridized carbons (Fsp3) is 0.417. The van der Waals surface area contributed by atoms with Crippen molar-refractivity contribution >= 4 is 21.6 Å². The van der Waals surface area contributed by atoms with Crippen LogP contribution >= 0.6 is 11.8 Å². The molecule has 0 N–H and O–H groups in total. The number of benzene rings is 1. The first-order valence-electron chi connectivity index (χ1n) is 5.32. The zero-order chi connectivity index (χ0) is 12.9. The number of hydrogen-bond donors (Lipinski definition) is 0. The maximum Gasteiger partial charge on any atom is 0.179 e. The number of thioether (sulfide) groups is 1. The van der Waals surface area contributed by atoms with Crippen molar-refractivity contribution < 1.29 is 8.42 Å². The zero-order valence-electron chi connectivity index (χ0n) is 9.88. The summed E-state index contributed by atoms with van der Waals surface area (Å²) < 4.78 is 23.5. The van der Waals surface area contributed by atoms with Gasteiger partial charge in [-0.2, -0.15) is 5.26 Å². The van der Waals surface area contributed by atoms with E-state index in [1.54, 1.807) is 23.9 Å². The van der Waals surface area contributed by atoms with Gasteiger partial charge in [0.15, 0.2) is 9.84 Å². The molecule has 0 unspecified atom stereocenters. The summed E-state index contributed by atoms with van der Waals surface area (Å²) in [7, 11) is -3.30. The second-order valence-corrected chi connectivity index (χ2v) is 7.62. The summed E-state index contributed by atoms with van der Waals surface area (Å²) in [5, 5.41) is 8.87. The Labute approximate surface area is 107 Å². The lowest BCUT2D eigenvalue weighted by Crippen LogP contribution is -2.05. The lowest BCUT2D eigenvalue weighted by Gasteiger charge is -2.06. The third-order valence-corrected chi connectivity index (χ3v) is 4.78. The average Bonchev–Trinajstić information content (AvgIpc) is 2.26. The highest BCUT2D eigenvalue weighted by atomic mass is 32.2. The molecule has 0 radical (unpaired) electrons. The predicted octanol–water partition coefficient (Wildman–Crippen LogP) is 2.87. The van der Waals surface area contributed by atoms with Gasteiger partial charge in [0, 0.05) is 16.6 Å². The standard InChI is InChI=1S/C12H15NO2S2/c1-10(2)16-11-4-6-12(7-5-11)17(14,15)9-3-8-13/h4-7,10H,3,9H2,1-2H3. The molecule has 0 aliphatic carbocycles. The van der Waals surface area contributed by atoms with E-state index in [1.165, 1.54) is 0 Å². The van der Waals surface area contributed by atoms with Crippen LogP contribution in [0.2, 0.25) is 0 Å². The molecule has 1 rings (SSSR count). The van der Waals surface area contributed by atoms with Crippen molar-refractivity contribution in [1.29, 1.82) is 5.26 Å². The van der Waals surface area contributed by atoms with Gasteiger partial charge in [-0.15, -0.1) is 11.8 Å². The number of hydrogen-bond acceptors (Lipinski definition) is 4. The maximum atomic E-state index is 11.8. The minimum absolute atomic E-state index is 0.0326. The smallest absolute Gasteiger partial charge is 0.179 e. The van der Waals surface area contributed by atoms with Gasteiger partial charge in [-0.1, -0.05) is 13.8 Å². The molecule has 0 saturated heterocycles. The van der Waals surface area contributed by atoms with Crippen LogP contribution in [-0.2, 0) is 9.84 Å². The summed E-state index contributed by atoms with van der Waals surface area (Å²) in [6, 6.07) is 8.68. The molecule has 0 saturated carbocycles. The van der Waals surface area contributed by atoms with E-state index >= 15 is 0 Å². The van der Waals surface area contributed by atoms with Gasteiger partial charge in [-0.05, 0) is 24.3 Å². The summed E-state index contributed by atoms with van der Waals surface area (Å²) >= 11 is 1.69. The number of rotatable bonds is 5. The summed E-state index contributed by atoms with van der Waals surface area (Å²) in [5.74, 6) is -0.111. The Morgan fingerprint density at radius 3 is 2.35 bits per heavy atom. The quantitative estimate of drug-likeness (QED) is 0.771. The van der Waals surface area contributed by atoms with Gasteiger partial charge in [0.05, 0.1) is 16.7 Å². The van der Waals surface area contributed by atoms with Gasteiger partial charge in [-0.25, -0.2) is 8.42 Å². The van der Waals surface area contributed by atoms with Crippen LogP contribution in [-0.4, -0.2) is 19.4 Å². The second-order valence-electron chi connectivity index (χ2n) is 3.86. The van der Waals surface area contributed by atoms with Crippen molar-refractivity contribution in [3.63, 3.8) is 0 Å². The molecule has 0 aliphatic rings. The molecule has 5 heteroatoms. The molecule has 0 aromatic heterocycles. The number of sulfone groups is 1. The molecule has 1 aromatic carbocycles. The molecule has 0 atom stereocenters. The van der Waals surface area contributed by atoms with Crippen molar-refractivity contribution in [2.75, 3.05) is 5.75 Å². The van der Waals surface area contributed by atoms with Crippen LogP contribution < -0.4 is 0 Å². The van der Waals surface area contributed by atoms with E-state index in [1.807, 2.05) is 18.2 Å². The highest BCUT2D eigenvalue weighted by Crippen LogP contribution is 2.24. The second kappa shape index (κ2) is 6.08. The molecule has 1 aromatic rings. The third kappa shape index (κ3) is 4.41. The molecule has 0 heterocycles. The van der Waals surface area contributed by atoms with Crippen molar-refractivity contribution in [3.05, 3.63) is 24.3 Å². The minimum atomic E-state index is -3.30. The topological polar surface area (TPSA) is 57.9 Å². The fourth-order valence-corrected chi connectivity index (χ4v) is 3.28.